The Morgan fingerprint density at radius 2 is 1.88 bits per heavy atom. The fourth-order valence-electron chi connectivity index (χ4n) is 3.86. The molecule has 0 N–H and O–H groups in total. The Morgan fingerprint density at radius 1 is 1.03 bits per heavy atom. The van der Waals surface area contributed by atoms with Gasteiger partial charge in [-0.1, -0.05) is 23.4 Å². The third kappa shape index (κ3) is 4.03. The van der Waals surface area contributed by atoms with Crippen LogP contribution in [0, 0.1) is 0 Å². The van der Waals surface area contributed by atoms with Crippen LogP contribution in [0.15, 0.2) is 76.2 Å². The van der Waals surface area contributed by atoms with Gasteiger partial charge in [0.2, 0.25) is 0 Å². The second-order valence-corrected chi connectivity index (χ2v) is 7.59. The maximum absolute atomic E-state index is 12.7. The monoisotopic (exact) mass is 441 g/mol. The van der Waals surface area contributed by atoms with Crippen molar-refractivity contribution in [2.24, 2.45) is 0 Å². The number of anilines is 1. The molecule has 0 aliphatic rings. The number of aromatic nitrogens is 4. The molecule has 8 nitrogen and oxygen atoms in total. The fraction of sp³-hybridized carbons (Fsp3) is 0.200. The number of fused-ring (bicyclic) bond motifs is 2. The molecule has 3 heterocycles. The van der Waals surface area contributed by atoms with E-state index in [0.29, 0.717) is 22.7 Å². The highest BCUT2D eigenvalue weighted by atomic mass is 16.5. The summed E-state index contributed by atoms with van der Waals surface area (Å²) in [4.78, 5) is 19.3. The highest BCUT2D eigenvalue weighted by Gasteiger charge is 2.13. The number of benzene rings is 2. The van der Waals surface area contributed by atoms with E-state index in [0.717, 1.165) is 35.1 Å². The summed E-state index contributed by atoms with van der Waals surface area (Å²) in [5.41, 5.74) is 2.75. The van der Waals surface area contributed by atoms with Crippen LogP contribution in [0.4, 0.5) is 5.69 Å². The van der Waals surface area contributed by atoms with E-state index in [-0.39, 0.29) is 6.61 Å². The van der Waals surface area contributed by atoms with Crippen LogP contribution in [0.3, 0.4) is 0 Å². The molecule has 0 atom stereocenters. The van der Waals surface area contributed by atoms with Crippen LogP contribution in [0.1, 0.15) is 19.5 Å². The van der Waals surface area contributed by atoms with Crippen LogP contribution in [0.5, 0.6) is 5.75 Å². The minimum absolute atomic E-state index is 0.196. The van der Waals surface area contributed by atoms with Gasteiger partial charge in [0, 0.05) is 41.8 Å². The molecule has 0 aliphatic heterocycles. The predicted octanol–water partition coefficient (Wildman–Crippen LogP) is 4.35. The maximum Gasteiger partial charge on any atom is 0.362 e. The van der Waals surface area contributed by atoms with Gasteiger partial charge in [0.25, 0.3) is 0 Å². The number of hydrogen-bond acceptors (Lipinski definition) is 7. The lowest BCUT2D eigenvalue weighted by Crippen LogP contribution is -2.21. The van der Waals surface area contributed by atoms with Crippen LogP contribution in [0.2, 0.25) is 0 Å². The van der Waals surface area contributed by atoms with Crippen molar-refractivity contribution in [1.29, 1.82) is 0 Å². The average Bonchev–Trinajstić information content (AvgIpc) is 3.32. The number of rotatable bonds is 7. The highest BCUT2D eigenvalue weighted by Crippen LogP contribution is 2.24. The predicted molar refractivity (Wildman–Crippen MR) is 127 cm³/mol. The smallest absolute Gasteiger partial charge is 0.362 e. The van der Waals surface area contributed by atoms with Crippen LogP contribution in [0.25, 0.3) is 27.6 Å². The van der Waals surface area contributed by atoms with E-state index in [1.165, 1.54) is 4.68 Å². The Labute approximate surface area is 190 Å². The minimum atomic E-state index is -0.477. The van der Waals surface area contributed by atoms with E-state index < -0.39 is 5.63 Å². The van der Waals surface area contributed by atoms with E-state index in [1.54, 1.807) is 18.5 Å². The molecule has 0 saturated heterocycles. The second-order valence-electron chi connectivity index (χ2n) is 7.59. The summed E-state index contributed by atoms with van der Waals surface area (Å²) in [7, 11) is 0. The van der Waals surface area contributed by atoms with Crippen LogP contribution in [-0.2, 0) is 6.61 Å². The summed E-state index contributed by atoms with van der Waals surface area (Å²) in [5.74, 6) is 0.664. The van der Waals surface area contributed by atoms with Crippen LogP contribution in [-0.4, -0.2) is 33.1 Å². The van der Waals surface area contributed by atoms with Gasteiger partial charge in [-0.25, -0.2) is 9.48 Å². The van der Waals surface area contributed by atoms with Gasteiger partial charge >= 0.3 is 5.63 Å². The minimum Gasteiger partial charge on any atom is -0.485 e. The number of ether oxygens (including phenoxy) is 1. The third-order valence-electron chi connectivity index (χ3n) is 5.59. The summed E-state index contributed by atoms with van der Waals surface area (Å²) in [5, 5.41) is 10.1. The first-order valence-corrected chi connectivity index (χ1v) is 10.9. The Bertz CT molecular complexity index is 1480. The molecular formula is C25H23N5O3. The van der Waals surface area contributed by atoms with Crippen molar-refractivity contribution < 1.29 is 9.15 Å². The van der Waals surface area contributed by atoms with Gasteiger partial charge in [-0.3, -0.25) is 4.98 Å². The molecular weight excluding hydrogens is 418 g/mol. The van der Waals surface area contributed by atoms with Crippen molar-refractivity contribution in [3.63, 3.8) is 0 Å². The second kappa shape index (κ2) is 8.74. The zero-order valence-electron chi connectivity index (χ0n) is 18.4. The molecule has 0 amide bonds. The van der Waals surface area contributed by atoms with Crippen molar-refractivity contribution in [1.82, 2.24) is 20.0 Å². The Hall–Kier alpha value is -4.20. The summed E-state index contributed by atoms with van der Waals surface area (Å²) >= 11 is 0. The Kier molecular flexibility index (Phi) is 5.48. The largest absolute Gasteiger partial charge is 0.485 e. The number of pyridine rings is 1. The number of para-hydroxylation sites is 1. The molecule has 0 bridgehead atoms. The summed E-state index contributed by atoms with van der Waals surface area (Å²) in [6.45, 7) is 6.14. The van der Waals surface area contributed by atoms with Gasteiger partial charge in [-0.15, -0.1) is 5.10 Å². The normalized spacial score (nSPS) is 11.2. The maximum atomic E-state index is 12.7. The van der Waals surface area contributed by atoms with Crippen LogP contribution >= 0.6 is 0 Å². The molecule has 3 aromatic heterocycles. The Balaban J connectivity index is 1.39. The lowest BCUT2D eigenvalue weighted by Gasteiger charge is -2.20. The first-order chi connectivity index (χ1) is 16.2. The molecule has 0 spiro atoms. The molecule has 0 unspecified atom stereocenters. The first-order valence-electron chi connectivity index (χ1n) is 10.9. The van der Waals surface area contributed by atoms with Crippen molar-refractivity contribution in [2.45, 2.75) is 20.5 Å². The fourth-order valence-corrected chi connectivity index (χ4v) is 3.86. The Morgan fingerprint density at radius 3 is 2.73 bits per heavy atom. The zero-order chi connectivity index (χ0) is 22.8. The SMILES string of the molecule is CCN(CC)c1ccc2cc(-n3cc(COc4cccc5cccnc45)nn3)c(=O)oc2c1. The van der Waals surface area contributed by atoms with Gasteiger partial charge in [-0.05, 0) is 44.2 Å². The zero-order valence-corrected chi connectivity index (χ0v) is 18.4. The molecule has 5 aromatic rings. The molecule has 0 radical (unpaired) electrons. The van der Waals surface area contributed by atoms with Gasteiger partial charge in [0.15, 0.2) is 5.69 Å². The summed E-state index contributed by atoms with van der Waals surface area (Å²) in [6, 6.07) is 17.3. The molecule has 0 fully saturated rings. The summed E-state index contributed by atoms with van der Waals surface area (Å²) < 4.78 is 13.0. The molecule has 0 saturated carbocycles. The average molecular weight is 441 g/mol. The van der Waals surface area contributed by atoms with E-state index in [9.17, 15) is 4.79 Å². The van der Waals surface area contributed by atoms with Gasteiger partial charge in [-0.2, -0.15) is 0 Å². The molecule has 0 aliphatic carbocycles. The van der Waals surface area contributed by atoms with Gasteiger partial charge in [0.1, 0.15) is 29.2 Å². The van der Waals surface area contributed by atoms with E-state index in [4.69, 9.17) is 9.15 Å². The molecule has 166 valence electrons. The summed E-state index contributed by atoms with van der Waals surface area (Å²) in [6.07, 6.45) is 3.40. The number of nitrogens with zero attached hydrogens (tertiary/aromatic N) is 5. The van der Waals surface area contributed by atoms with Gasteiger partial charge in [0.05, 0.1) is 6.20 Å². The lowest BCUT2D eigenvalue weighted by molar-refractivity contribution is 0.304. The highest BCUT2D eigenvalue weighted by molar-refractivity contribution is 5.84. The lowest BCUT2D eigenvalue weighted by atomic mass is 10.2. The van der Waals surface area contributed by atoms with Gasteiger partial charge < -0.3 is 14.1 Å². The van der Waals surface area contributed by atoms with Crippen molar-refractivity contribution in [3.05, 3.63) is 83.1 Å². The molecule has 33 heavy (non-hydrogen) atoms. The number of hydrogen-bond donors (Lipinski definition) is 0. The van der Waals surface area contributed by atoms with E-state index in [2.05, 4.69) is 34.0 Å². The van der Waals surface area contributed by atoms with Crippen molar-refractivity contribution in [2.75, 3.05) is 18.0 Å². The van der Waals surface area contributed by atoms with Crippen molar-refractivity contribution in [3.8, 4) is 11.4 Å². The standard InChI is InChI=1S/C25H23N5O3/c1-3-29(4-2)20-11-10-18-13-21(25(31)33-23(18)14-20)30-15-19(27-28-30)16-32-22-9-5-7-17-8-6-12-26-24(17)22/h5-15H,3-4,16H2,1-2H3. The third-order valence-corrected chi connectivity index (χ3v) is 5.59. The molecule has 2 aromatic carbocycles. The molecule has 5 rings (SSSR count). The van der Waals surface area contributed by atoms with E-state index in [1.807, 2.05) is 48.5 Å². The van der Waals surface area contributed by atoms with Crippen LogP contribution < -0.4 is 15.3 Å². The van der Waals surface area contributed by atoms with E-state index >= 15 is 0 Å². The topological polar surface area (TPSA) is 86.3 Å². The first kappa shape index (κ1) is 20.7. The molecule has 8 heteroatoms. The quantitative estimate of drug-likeness (QED) is 0.347. The van der Waals surface area contributed by atoms with Crippen molar-refractivity contribution >= 4 is 27.6 Å².